The Morgan fingerprint density at radius 1 is 1.05 bits per heavy atom. The Morgan fingerprint density at radius 2 is 1.67 bits per heavy atom. The maximum atomic E-state index is 5.32. The molecule has 0 bridgehead atoms. The van der Waals surface area contributed by atoms with E-state index in [1.165, 1.54) is 0 Å². The third-order valence-electron chi connectivity index (χ3n) is 3.42. The predicted molar refractivity (Wildman–Crippen MR) is 92.1 cm³/mol. The number of nitrogens with one attached hydrogen (secondary N) is 2. The summed E-state index contributed by atoms with van der Waals surface area (Å²) in [6.07, 6.45) is 2.19. The first-order chi connectivity index (χ1) is 10.0. The second-order valence-electron chi connectivity index (χ2n) is 5.76. The number of aliphatic imine (C=N–C) groups is 1. The summed E-state index contributed by atoms with van der Waals surface area (Å²) in [4.78, 5) is 6.73. The molecule has 5 nitrogen and oxygen atoms in total. The number of ether oxygens (including phenoxy) is 1. The first-order valence-corrected chi connectivity index (χ1v) is 8.30. The van der Waals surface area contributed by atoms with E-state index in [1.54, 1.807) is 0 Å². The zero-order valence-electron chi connectivity index (χ0n) is 14.9. The van der Waals surface area contributed by atoms with Gasteiger partial charge in [-0.3, -0.25) is 9.89 Å². The maximum Gasteiger partial charge on any atom is 0.191 e. The van der Waals surface area contributed by atoms with Crippen LogP contribution in [0, 0.1) is 0 Å². The summed E-state index contributed by atoms with van der Waals surface area (Å²) in [6, 6.07) is 1.14. The molecule has 0 aliphatic carbocycles. The van der Waals surface area contributed by atoms with Crippen LogP contribution in [0.15, 0.2) is 4.99 Å². The molecule has 0 amide bonds. The second kappa shape index (κ2) is 12.9. The van der Waals surface area contributed by atoms with Gasteiger partial charge in [-0.2, -0.15) is 0 Å². The van der Waals surface area contributed by atoms with Crippen molar-refractivity contribution in [2.75, 3.05) is 39.9 Å². The monoisotopic (exact) mass is 300 g/mol. The van der Waals surface area contributed by atoms with E-state index in [9.17, 15) is 0 Å². The van der Waals surface area contributed by atoms with Crippen molar-refractivity contribution in [2.45, 2.75) is 59.5 Å². The average Bonchev–Trinajstić information content (AvgIpc) is 2.43. The van der Waals surface area contributed by atoms with Crippen molar-refractivity contribution < 1.29 is 4.74 Å². The summed E-state index contributed by atoms with van der Waals surface area (Å²) in [5.74, 6) is 0.888. The van der Waals surface area contributed by atoms with Crippen molar-refractivity contribution in [3.05, 3.63) is 0 Å². The molecule has 2 N–H and O–H groups in total. The Kier molecular flexibility index (Phi) is 12.4. The van der Waals surface area contributed by atoms with Crippen LogP contribution in [0.1, 0.15) is 47.5 Å². The Labute approximate surface area is 131 Å². The van der Waals surface area contributed by atoms with E-state index in [0.717, 1.165) is 51.6 Å². The van der Waals surface area contributed by atoms with Gasteiger partial charge in [-0.1, -0.05) is 0 Å². The molecule has 0 spiro atoms. The number of nitrogens with zero attached hydrogens (tertiary/aromatic N) is 2. The Morgan fingerprint density at radius 3 is 2.19 bits per heavy atom. The predicted octanol–water partition coefficient (Wildman–Crippen LogP) is 2.09. The smallest absolute Gasteiger partial charge is 0.191 e. The van der Waals surface area contributed by atoms with E-state index in [-0.39, 0.29) is 0 Å². The summed E-state index contributed by atoms with van der Waals surface area (Å²) in [5, 5.41) is 6.72. The van der Waals surface area contributed by atoms with Crippen LogP contribution in [0.4, 0.5) is 0 Å². The van der Waals surface area contributed by atoms with Gasteiger partial charge < -0.3 is 15.4 Å². The quantitative estimate of drug-likeness (QED) is 0.348. The summed E-state index contributed by atoms with van der Waals surface area (Å²) >= 11 is 0. The Balaban J connectivity index is 3.80. The SMILES string of the molecule is CCOCCCCNC(=NC)NCCN(C(C)C)C(C)C. The van der Waals surface area contributed by atoms with Gasteiger partial charge in [0, 0.05) is 52.0 Å². The van der Waals surface area contributed by atoms with Crippen molar-refractivity contribution in [1.82, 2.24) is 15.5 Å². The van der Waals surface area contributed by atoms with E-state index in [4.69, 9.17) is 4.74 Å². The van der Waals surface area contributed by atoms with Gasteiger partial charge in [-0.25, -0.2) is 0 Å². The summed E-state index contributed by atoms with van der Waals surface area (Å²) in [7, 11) is 1.82. The number of hydrogen-bond donors (Lipinski definition) is 2. The molecule has 0 fully saturated rings. The normalized spacial score (nSPS) is 12.5. The van der Waals surface area contributed by atoms with Crippen LogP contribution >= 0.6 is 0 Å². The largest absolute Gasteiger partial charge is 0.382 e. The second-order valence-corrected chi connectivity index (χ2v) is 5.76. The molecule has 0 aliphatic heterocycles. The van der Waals surface area contributed by atoms with Crippen molar-refractivity contribution in [3.8, 4) is 0 Å². The van der Waals surface area contributed by atoms with E-state index in [1.807, 2.05) is 14.0 Å². The lowest BCUT2D eigenvalue weighted by atomic mass is 10.2. The first kappa shape index (κ1) is 20.2. The summed E-state index contributed by atoms with van der Waals surface area (Å²) in [6.45, 7) is 15.5. The van der Waals surface area contributed by atoms with Crippen LogP contribution in [-0.4, -0.2) is 62.8 Å². The molecular formula is C16H36N4O. The topological polar surface area (TPSA) is 48.9 Å². The van der Waals surface area contributed by atoms with Crippen molar-refractivity contribution >= 4 is 5.96 Å². The average molecular weight is 300 g/mol. The van der Waals surface area contributed by atoms with Gasteiger partial charge in [0.05, 0.1) is 0 Å². The minimum Gasteiger partial charge on any atom is -0.382 e. The molecule has 126 valence electrons. The van der Waals surface area contributed by atoms with Gasteiger partial charge in [0.1, 0.15) is 0 Å². The molecule has 0 aromatic carbocycles. The lowest BCUT2D eigenvalue weighted by Crippen LogP contribution is -2.45. The first-order valence-electron chi connectivity index (χ1n) is 8.30. The van der Waals surface area contributed by atoms with Crippen LogP contribution in [-0.2, 0) is 4.74 Å². The van der Waals surface area contributed by atoms with E-state index >= 15 is 0 Å². The number of hydrogen-bond acceptors (Lipinski definition) is 3. The van der Waals surface area contributed by atoms with E-state index in [0.29, 0.717) is 12.1 Å². The molecule has 0 saturated heterocycles. The fraction of sp³-hybridized carbons (Fsp3) is 0.938. The van der Waals surface area contributed by atoms with E-state index in [2.05, 4.69) is 48.2 Å². The molecule has 0 atom stereocenters. The third kappa shape index (κ3) is 10.5. The molecule has 0 rings (SSSR count). The van der Waals surface area contributed by atoms with Gasteiger partial charge >= 0.3 is 0 Å². The standard InChI is InChI=1S/C16H36N4O/c1-7-21-13-9-8-10-18-16(17-6)19-11-12-20(14(2)3)15(4)5/h14-15H,7-13H2,1-6H3,(H2,17,18,19). The number of rotatable bonds is 11. The molecule has 0 radical (unpaired) electrons. The molecule has 0 saturated carbocycles. The maximum absolute atomic E-state index is 5.32. The van der Waals surface area contributed by atoms with Gasteiger partial charge in [0.15, 0.2) is 5.96 Å². The lowest BCUT2D eigenvalue weighted by Gasteiger charge is -2.30. The van der Waals surface area contributed by atoms with Crippen LogP contribution in [0.25, 0.3) is 0 Å². The van der Waals surface area contributed by atoms with Crippen molar-refractivity contribution in [2.24, 2.45) is 4.99 Å². The Bertz CT molecular complexity index is 259. The highest BCUT2D eigenvalue weighted by Crippen LogP contribution is 2.03. The fourth-order valence-corrected chi connectivity index (χ4v) is 2.32. The highest BCUT2D eigenvalue weighted by atomic mass is 16.5. The lowest BCUT2D eigenvalue weighted by molar-refractivity contribution is 0.143. The summed E-state index contributed by atoms with van der Waals surface area (Å²) < 4.78 is 5.32. The van der Waals surface area contributed by atoms with Crippen molar-refractivity contribution in [3.63, 3.8) is 0 Å². The van der Waals surface area contributed by atoms with Crippen molar-refractivity contribution in [1.29, 1.82) is 0 Å². The molecule has 0 aromatic rings. The molecule has 21 heavy (non-hydrogen) atoms. The molecular weight excluding hydrogens is 264 g/mol. The zero-order chi connectivity index (χ0) is 16.1. The Hall–Kier alpha value is -0.810. The van der Waals surface area contributed by atoms with Gasteiger partial charge in [0.25, 0.3) is 0 Å². The highest BCUT2D eigenvalue weighted by Gasteiger charge is 2.12. The summed E-state index contributed by atoms with van der Waals surface area (Å²) in [5.41, 5.74) is 0. The molecule has 0 heterocycles. The highest BCUT2D eigenvalue weighted by molar-refractivity contribution is 5.79. The molecule has 0 aromatic heterocycles. The number of guanidine groups is 1. The molecule has 0 unspecified atom stereocenters. The number of unbranched alkanes of at least 4 members (excludes halogenated alkanes) is 1. The molecule has 5 heteroatoms. The van der Waals surface area contributed by atoms with Crippen LogP contribution < -0.4 is 10.6 Å². The van der Waals surface area contributed by atoms with Crippen LogP contribution in [0.5, 0.6) is 0 Å². The van der Waals surface area contributed by atoms with E-state index < -0.39 is 0 Å². The third-order valence-corrected chi connectivity index (χ3v) is 3.42. The van der Waals surface area contributed by atoms with Gasteiger partial charge in [0.2, 0.25) is 0 Å². The van der Waals surface area contributed by atoms with Gasteiger partial charge in [-0.05, 0) is 47.5 Å². The zero-order valence-corrected chi connectivity index (χ0v) is 14.9. The minimum atomic E-state index is 0.570. The molecule has 0 aliphatic rings. The van der Waals surface area contributed by atoms with Crippen LogP contribution in [0.3, 0.4) is 0 Å². The van der Waals surface area contributed by atoms with Crippen LogP contribution in [0.2, 0.25) is 0 Å². The fourth-order valence-electron chi connectivity index (χ4n) is 2.32. The van der Waals surface area contributed by atoms with Gasteiger partial charge in [-0.15, -0.1) is 0 Å². The minimum absolute atomic E-state index is 0.570.